The quantitative estimate of drug-likeness (QED) is 0.599. The van der Waals surface area contributed by atoms with Crippen LogP contribution in [0.1, 0.15) is 32.6 Å². The molecule has 2 bridgehead atoms. The number of hydrogen-bond acceptors (Lipinski definition) is 4. The van der Waals surface area contributed by atoms with Crippen molar-refractivity contribution in [1.29, 1.82) is 0 Å². The Hall–Kier alpha value is -2.32. The van der Waals surface area contributed by atoms with Crippen molar-refractivity contribution in [2.75, 3.05) is 23.3 Å². The van der Waals surface area contributed by atoms with Gasteiger partial charge in [0.25, 0.3) is 10.0 Å². The highest BCUT2D eigenvalue weighted by Gasteiger charge is 2.39. The summed E-state index contributed by atoms with van der Waals surface area (Å²) in [6, 6.07) is 14.3. The molecule has 3 atom stereocenters. The summed E-state index contributed by atoms with van der Waals surface area (Å²) in [7, 11) is -2.18. The molecule has 0 amide bonds. The van der Waals surface area contributed by atoms with Crippen LogP contribution in [0.15, 0.2) is 53.4 Å². The van der Waals surface area contributed by atoms with Crippen molar-refractivity contribution in [1.82, 2.24) is 5.32 Å². The molecule has 2 aliphatic rings. The SMILES string of the molecule is CCN(c1ccccc1)S(=O)(=O)c1ccc(OC)c(NC(=S)NC2CC3CCC2C3)c1. The van der Waals surface area contributed by atoms with Crippen molar-refractivity contribution in [3.63, 3.8) is 0 Å². The van der Waals surface area contributed by atoms with Gasteiger partial charge in [-0.3, -0.25) is 4.31 Å². The molecule has 2 aromatic rings. The molecular weight excluding hydrogens is 430 g/mol. The molecule has 4 rings (SSSR count). The van der Waals surface area contributed by atoms with Crippen LogP contribution in [0, 0.1) is 11.8 Å². The first kappa shape index (κ1) is 21.9. The highest BCUT2D eigenvalue weighted by molar-refractivity contribution is 7.92. The van der Waals surface area contributed by atoms with Crippen molar-refractivity contribution >= 4 is 38.7 Å². The van der Waals surface area contributed by atoms with Crippen LogP contribution in [-0.2, 0) is 10.0 Å². The van der Waals surface area contributed by atoms with Gasteiger partial charge in [-0.05, 0) is 80.6 Å². The third-order valence-corrected chi connectivity index (χ3v) is 8.51. The average molecular weight is 460 g/mol. The fraction of sp³-hybridized carbons (Fsp3) is 0.435. The number of nitrogens with zero attached hydrogens (tertiary/aromatic N) is 1. The Bertz CT molecular complexity index is 1040. The van der Waals surface area contributed by atoms with Gasteiger partial charge in [-0.15, -0.1) is 0 Å². The van der Waals surface area contributed by atoms with E-state index in [0.717, 1.165) is 12.3 Å². The van der Waals surface area contributed by atoms with E-state index >= 15 is 0 Å². The predicted octanol–water partition coefficient (Wildman–Crippen LogP) is 4.39. The number of thiocarbonyl (C=S) groups is 1. The summed E-state index contributed by atoms with van der Waals surface area (Å²) in [5, 5.41) is 7.10. The zero-order valence-electron chi connectivity index (χ0n) is 17.9. The minimum Gasteiger partial charge on any atom is -0.495 e. The number of anilines is 2. The molecule has 2 fully saturated rings. The molecule has 2 N–H and O–H groups in total. The Labute approximate surface area is 190 Å². The lowest BCUT2D eigenvalue weighted by molar-refractivity contribution is 0.391. The fourth-order valence-electron chi connectivity index (χ4n) is 4.91. The van der Waals surface area contributed by atoms with Gasteiger partial charge in [-0.2, -0.15) is 0 Å². The van der Waals surface area contributed by atoms with Crippen molar-refractivity contribution < 1.29 is 13.2 Å². The van der Waals surface area contributed by atoms with Crippen LogP contribution in [0.2, 0.25) is 0 Å². The number of hydrogen-bond donors (Lipinski definition) is 2. The van der Waals surface area contributed by atoms with E-state index in [1.165, 1.54) is 23.6 Å². The molecule has 8 heteroatoms. The van der Waals surface area contributed by atoms with Gasteiger partial charge in [0.15, 0.2) is 5.11 Å². The van der Waals surface area contributed by atoms with Gasteiger partial charge in [0, 0.05) is 12.6 Å². The van der Waals surface area contributed by atoms with Crippen molar-refractivity contribution in [2.45, 2.75) is 43.5 Å². The van der Waals surface area contributed by atoms with E-state index in [-0.39, 0.29) is 4.90 Å². The smallest absolute Gasteiger partial charge is 0.264 e. The molecule has 2 aromatic carbocycles. The van der Waals surface area contributed by atoms with Crippen LogP contribution in [0.25, 0.3) is 0 Å². The maximum absolute atomic E-state index is 13.4. The van der Waals surface area contributed by atoms with E-state index in [0.29, 0.717) is 40.7 Å². The van der Waals surface area contributed by atoms with Gasteiger partial charge >= 0.3 is 0 Å². The molecule has 31 heavy (non-hydrogen) atoms. The van der Waals surface area contributed by atoms with Crippen molar-refractivity contribution in [2.24, 2.45) is 11.8 Å². The number of ether oxygens (including phenoxy) is 1. The predicted molar refractivity (Wildman–Crippen MR) is 128 cm³/mol. The molecule has 0 spiro atoms. The van der Waals surface area contributed by atoms with E-state index in [1.807, 2.05) is 25.1 Å². The number of rotatable bonds is 7. The van der Waals surface area contributed by atoms with Crippen LogP contribution in [0.5, 0.6) is 5.75 Å². The molecule has 0 aromatic heterocycles. The Morgan fingerprint density at radius 3 is 2.55 bits per heavy atom. The maximum atomic E-state index is 13.4. The Balaban J connectivity index is 1.56. The highest BCUT2D eigenvalue weighted by Crippen LogP contribution is 2.44. The summed E-state index contributed by atoms with van der Waals surface area (Å²) in [5.41, 5.74) is 1.16. The maximum Gasteiger partial charge on any atom is 0.264 e. The van der Waals surface area contributed by atoms with E-state index in [1.54, 1.807) is 37.4 Å². The third-order valence-electron chi connectivity index (χ3n) is 6.39. The lowest BCUT2D eigenvalue weighted by Gasteiger charge is -2.25. The first-order valence-electron chi connectivity index (χ1n) is 10.8. The molecule has 0 radical (unpaired) electrons. The van der Waals surface area contributed by atoms with Crippen LogP contribution < -0.4 is 19.7 Å². The number of sulfonamides is 1. The lowest BCUT2D eigenvalue weighted by Crippen LogP contribution is -2.40. The van der Waals surface area contributed by atoms with E-state index < -0.39 is 10.0 Å². The number of benzene rings is 2. The standard InChI is InChI=1S/C23H29N3O3S2/c1-3-26(18-7-5-4-6-8-18)31(27,28)19-11-12-22(29-2)21(15-19)25-23(30)24-20-14-16-9-10-17(20)13-16/h4-8,11-12,15-17,20H,3,9-10,13-14H2,1-2H3,(H2,24,25,30). The second-order valence-corrected chi connectivity index (χ2v) is 10.5. The Morgan fingerprint density at radius 1 is 1.16 bits per heavy atom. The van der Waals surface area contributed by atoms with Gasteiger partial charge in [0.1, 0.15) is 5.75 Å². The summed E-state index contributed by atoms with van der Waals surface area (Å²) in [6.07, 6.45) is 5.02. The molecule has 0 heterocycles. The summed E-state index contributed by atoms with van der Waals surface area (Å²) in [4.78, 5) is 0.184. The molecule has 6 nitrogen and oxygen atoms in total. The Kier molecular flexibility index (Phi) is 6.39. The summed E-state index contributed by atoms with van der Waals surface area (Å²) >= 11 is 5.55. The van der Waals surface area contributed by atoms with Crippen molar-refractivity contribution in [3.05, 3.63) is 48.5 Å². The Morgan fingerprint density at radius 2 is 1.94 bits per heavy atom. The van der Waals surface area contributed by atoms with E-state index in [4.69, 9.17) is 17.0 Å². The summed E-state index contributed by atoms with van der Waals surface area (Å²) in [6.45, 7) is 2.15. The van der Waals surface area contributed by atoms with Crippen LogP contribution >= 0.6 is 12.2 Å². The van der Waals surface area contributed by atoms with Crippen LogP contribution in [0.4, 0.5) is 11.4 Å². The minimum atomic E-state index is -3.74. The largest absolute Gasteiger partial charge is 0.495 e. The monoisotopic (exact) mass is 459 g/mol. The first-order valence-corrected chi connectivity index (χ1v) is 12.6. The average Bonchev–Trinajstić information content (AvgIpc) is 3.38. The van der Waals surface area contributed by atoms with Crippen molar-refractivity contribution in [3.8, 4) is 5.75 Å². The molecule has 2 aliphatic carbocycles. The first-order chi connectivity index (χ1) is 14.9. The zero-order valence-corrected chi connectivity index (χ0v) is 19.5. The number of nitrogens with one attached hydrogen (secondary N) is 2. The fourth-order valence-corrected chi connectivity index (χ4v) is 6.67. The number of methoxy groups -OCH3 is 1. The molecule has 0 saturated heterocycles. The van der Waals surface area contributed by atoms with Gasteiger partial charge in [-0.25, -0.2) is 8.42 Å². The third kappa shape index (κ3) is 4.50. The van der Waals surface area contributed by atoms with Gasteiger partial charge < -0.3 is 15.4 Å². The normalized spacial score (nSPS) is 22.2. The summed E-state index contributed by atoms with van der Waals surface area (Å²) in [5.74, 6) is 2.03. The molecule has 2 saturated carbocycles. The number of fused-ring (bicyclic) bond motifs is 2. The van der Waals surface area contributed by atoms with E-state index in [2.05, 4.69) is 10.6 Å². The lowest BCUT2D eigenvalue weighted by atomic mass is 9.96. The van der Waals surface area contributed by atoms with Crippen LogP contribution in [-0.4, -0.2) is 33.2 Å². The second kappa shape index (κ2) is 9.04. The van der Waals surface area contributed by atoms with Gasteiger partial charge in [0.2, 0.25) is 0 Å². The van der Waals surface area contributed by atoms with E-state index in [9.17, 15) is 8.42 Å². The molecular formula is C23H29N3O3S2. The van der Waals surface area contributed by atoms with Gasteiger partial charge in [0.05, 0.1) is 23.4 Å². The summed E-state index contributed by atoms with van der Waals surface area (Å²) < 4.78 is 33.6. The second-order valence-electron chi connectivity index (χ2n) is 8.25. The number of para-hydroxylation sites is 1. The zero-order chi connectivity index (χ0) is 22.0. The van der Waals surface area contributed by atoms with Crippen LogP contribution in [0.3, 0.4) is 0 Å². The van der Waals surface area contributed by atoms with Gasteiger partial charge in [-0.1, -0.05) is 24.6 Å². The highest BCUT2D eigenvalue weighted by atomic mass is 32.2. The molecule has 3 unspecified atom stereocenters. The molecule has 0 aliphatic heterocycles. The topological polar surface area (TPSA) is 70.7 Å². The molecule has 166 valence electrons. The minimum absolute atomic E-state index is 0.184.